The zero-order chi connectivity index (χ0) is 13.2. The van der Waals surface area contributed by atoms with Gasteiger partial charge in [0.15, 0.2) is 0 Å². The van der Waals surface area contributed by atoms with Crippen LogP contribution < -0.4 is 10.1 Å². The van der Waals surface area contributed by atoms with Crippen LogP contribution in [0.3, 0.4) is 0 Å². The molecule has 0 saturated carbocycles. The van der Waals surface area contributed by atoms with Crippen molar-refractivity contribution < 1.29 is 14.2 Å². The van der Waals surface area contributed by atoms with E-state index in [0.717, 1.165) is 11.3 Å². The number of fused-ring (bicyclic) bond motifs is 1. The first-order chi connectivity index (χ1) is 8.50. The molecule has 4 heteroatoms. The van der Waals surface area contributed by atoms with Crippen molar-refractivity contribution in [3.63, 3.8) is 0 Å². The van der Waals surface area contributed by atoms with Crippen LogP contribution in [0.2, 0.25) is 0 Å². The van der Waals surface area contributed by atoms with E-state index in [9.17, 15) is 9.50 Å². The zero-order valence-corrected chi connectivity index (χ0v) is 10.9. The van der Waals surface area contributed by atoms with Crippen molar-refractivity contribution in [2.24, 2.45) is 0 Å². The number of hydrogen-bond acceptors (Lipinski definition) is 3. The lowest BCUT2D eigenvalue weighted by Crippen LogP contribution is -2.41. The van der Waals surface area contributed by atoms with Crippen molar-refractivity contribution in [1.29, 1.82) is 0 Å². The summed E-state index contributed by atoms with van der Waals surface area (Å²) in [7, 11) is 0. The number of hydrogen-bond donors (Lipinski definition) is 2. The van der Waals surface area contributed by atoms with E-state index in [-0.39, 0.29) is 11.9 Å². The van der Waals surface area contributed by atoms with E-state index in [2.05, 4.69) is 5.32 Å². The number of benzene rings is 1. The van der Waals surface area contributed by atoms with Crippen LogP contribution in [-0.4, -0.2) is 29.9 Å². The Hall–Kier alpha value is -1.13. The van der Waals surface area contributed by atoms with Gasteiger partial charge in [0, 0.05) is 25.1 Å². The van der Waals surface area contributed by atoms with E-state index >= 15 is 0 Å². The summed E-state index contributed by atoms with van der Waals surface area (Å²) in [6.45, 7) is 4.95. The van der Waals surface area contributed by atoms with Gasteiger partial charge in [0.2, 0.25) is 0 Å². The smallest absolute Gasteiger partial charge is 0.123 e. The monoisotopic (exact) mass is 253 g/mol. The van der Waals surface area contributed by atoms with Gasteiger partial charge in [-0.3, -0.25) is 0 Å². The molecule has 2 atom stereocenters. The molecule has 0 aromatic heterocycles. The van der Waals surface area contributed by atoms with Gasteiger partial charge in [0.1, 0.15) is 17.7 Å². The van der Waals surface area contributed by atoms with Crippen molar-refractivity contribution in [2.75, 3.05) is 13.1 Å². The van der Waals surface area contributed by atoms with Gasteiger partial charge in [0.25, 0.3) is 0 Å². The fourth-order valence-corrected chi connectivity index (χ4v) is 2.03. The van der Waals surface area contributed by atoms with E-state index in [0.29, 0.717) is 25.9 Å². The summed E-state index contributed by atoms with van der Waals surface area (Å²) < 4.78 is 18.7. The molecule has 0 spiro atoms. The summed E-state index contributed by atoms with van der Waals surface area (Å²) in [5, 5.41) is 13.1. The summed E-state index contributed by atoms with van der Waals surface area (Å²) in [5.41, 5.74) is 0.237. The lowest BCUT2D eigenvalue weighted by molar-refractivity contribution is 0.0534. The predicted molar refractivity (Wildman–Crippen MR) is 68.3 cm³/mol. The molecule has 0 bridgehead atoms. The molecule has 0 saturated heterocycles. The van der Waals surface area contributed by atoms with Crippen molar-refractivity contribution >= 4 is 0 Å². The summed E-state index contributed by atoms with van der Waals surface area (Å²) in [4.78, 5) is 0. The lowest BCUT2D eigenvalue weighted by Gasteiger charge is -2.22. The maximum absolute atomic E-state index is 13.0. The van der Waals surface area contributed by atoms with Gasteiger partial charge in [0.05, 0.1) is 5.60 Å². The second kappa shape index (κ2) is 5.24. The molecule has 0 aliphatic carbocycles. The maximum atomic E-state index is 13.0. The highest BCUT2D eigenvalue weighted by atomic mass is 19.1. The molecule has 18 heavy (non-hydrogen) atoms. The molecular weight excluding hydrogens is 233 g/mol. The number of nitrogens with one attached hydrogen (secondary N) is 1. The Morgan fingerprint density at radius 2 is 2.33 bits per heavy atom. The highest BCUT2D eigenvalue weighted by molar-refractivity contribution is 5.37. The van der Waals surface area contributed by atoms with Crippen LogP contribution in [-0.2, 0) is 6.42 Å². The molecule has 2 unspecified atom stereocenters. The minimum Gasteiger partial charge on any atom is -0.488 e. The normalized spacial score (nSPS) is 21.2. The molecule has 2 N–H and O–H groups in total. The third-order valence-corrected chi connectivity index (χ3v) is 3.40. The van der Waals surface area contributed by atoms with Gasteiger partial charge >= 0.3 is 0 Å². The van der Waals surface area contributed by atoms with Gasteiger partial charge < -0.3 is 15.2 Å². The zero-order valence-electron chi connectivity index (χ0n) is 10.9. The number of ether oxygens (including phenoxy) is 1. The number of rotatable bonds is 5. The van der Waals surface area contributed by atoms with Crippen LogP contribution in [0.5, 0.6) is 5.75 Å². The van der Waals surface area contributed by atoms with Gasteiger partial charge in [-0.25, -0.2) is 4.39 Å². The van der Waals surface area contributed by atoms with Crippen LogP contribution in [0.1, 0.15) is 25.8 Å². The average Bonchev–Trinajstić information content (AvgIpc) is 2.70. The molecule has 1 aromatic rings. The van der Waals surface area contributed by atoms with Crippen molar-refractivity contribution in [2.45, 2.75) is 38.4 Å². The lowest BCUT2D eigenvalue weighted by atomic mass is 10.0. The highest BCUT2D eigenvalue weighted by Gasteiger charge is 2.24. The van der Waals surface area contributed by atoms with E-state index in [1.165, 1.54) is 12.1 Å². The molecule has 0 amide bonds. The van der Waals surface area contributed by atoms with E-state index in [1.54, 1.807) is 13.0 Å². The summed E-state index contributed by atoms with van der Waals surface area (Å²) in [6.07, 6.45) is 1.44. The second-order valence-corrected chi connectivity index (χ2v) is 5.18. The van der Waals surface area contributed by atoms with Gasteiger partial charge in [-0.1, -0.05) is 6.92 Å². The van der Waals surface area contributed by atoms with E-state index in [4.69, 9.17) is 4.74 Å². The minimum absolute atomic E-state index is 0.0226. The molecule has 3 nitrogen and oxygen atoms in total. The number of aliphatic hydroxyl groups is 1. The van der Waals surface area contributed by atoms with Gasteiger partial charge in [-0.2, -0.15) is 0 Å². The van der Waals surface area contributed by atoms with Crippen LogP contribution in [0, 0.1) is 5.82 Å². The fourth-order valence-electron chi connectivity index (χ4n) is 2.03. The third kappa shape index (κ3) is 3.21. The fraction of sp³-hybridized carbons (Fsp3) is 0.571. The molecule has 2 rings (SSSR count). The predicted octanol–water partition coefficient (Wildman–Crippen LogP) is 1.88. The van der Waals surface area contributed by atoms with Gasteiger partial charge in [-0.05, 0) is 31.5 Å². The molecule has 1 aromatic carbocycles. The molecule has 0 fully saturated rings. The Bertz CT molecular complexity index is 420. The molecule has 0 radical (unpaired) electrons. The molecule has 1 aliphatic rings. The minimum atomic E-state index is -0.683. The van der Waals surface area contributed by atoms with Crippen LogP contribution in [0.15, 0.2) is 18.2 Å². The Balaban J connectivity index is 1.81. The largest absolute Gasteiger partial charge is 0.488 e. The average molecular weight is 253 g/mol. The highest BCUT2D eigenvalue weighted by Crippen LogP contribution is 2.28. The quantitative estimate of drug-likeness (QED) is 0.842. The van der Waals surface area contributed by atoms with E-state index in [1.807, 2.05) is 6.92 Å². The van der Waals surface area contributed by atoms with Crippen molar-refractivity contribution in [3.05, 3.63) is 29.6 Å². The Labute approximate surface area is 107 Å². The molecule has 1 aliphatic heterocycles. The van der Waals surface area contributed by atoms with Crippen LogP contribution >= 0.6 is 0 Å². The van der Waals surface area contributed by atoms with Gasteiger partial charge in [-0.15, -0.1) is 0 Å². The van der Waals surface area contributed by atoms with Crippen LogP contribution in [0.4, 0.5) is 4.39 Å². The van der Waals surface area contributed by atoms with Crippen molar-refractivity contribution in [3.8, 4) is 5.75 Å². The first-order valence-corrected chi connectivity index (χ1v) is 6.38. The Morgan fingerprint density at radius 3 is 3.06 bits per heavy atom. The molecular formula is C14H20FNO2. The standard InChI is InChI=1S/C14H20FNO2/c1-3-14(2,17)9-16-8-12-7-10-6-11(15)4-5-13(10)18-12/h4-6,12,16-17H,3,7-9H2,1-2H3. The first-order valence-electron chi connectivity index (χ1n) is 6.38. The van der Waals surface area contributed by atoms with Crippen molar-refractivity contribution in [1.82, 2.24) is 5.32 Å². The maximum Gasteiger partial charge on any atom is 0.123 e. The second-order valence-electron chi connectivity index (χ2n) is 5.18. The summed E-state index contributed by atoms with van der Waals surface area (Å²) >= 11 is 0. The molecule has 1 heterocycles. The van der Waals surface area contributed by atoms with Crippen LogP contribution in [0.25, 0.3) is 0 Å². The molecule has 100 valence electrons. The summed E-state index contributed by atoms with van der Waals surface area (Å²) in [5.74, 6) is 0.547. The third-order valence-electron chi connectivity index (χ3n) is 3.40. The topological polar surface area (TPSA) is 41.5 Å². The number of halogens is 1. The summed E-state index contributed by atoms with van der Waals surface area (Å²) in [6, 6.07) is 4.61. The Kier molecular flexibility index (Phi) is 3.88. The SMILES string of the molecule is CCC(C)(O)CNCC1Cc2cc(F)ccc2O1. The Morgan fingerprint density at radius 1 is 1.56 bits per heavy atom. The van der Waals surface area contributed by atoms with E-state index < -0.39 is 5.60 Å². The first kappa shape index (κ1) is 13.3.